The largest absolute Gasteiger partial charge is 0.479 e. The van der Waals surface area contributed by atoms with E-state index in [0.29, 0.717) is 29.6 Å². The Morgan fingerprint density at radius 3 is 2.38 bits per heavy atom. The van der Waals surface area contributed by atoms with Gasteiger partial charge in [-0.25, -0.2) is 4.98 Å². The first-order chi connectivity index (χ1) is 10.1. The molecule has 7 N–H and O–H groups in total. The third-order valence-electron chi connectivity index (χ3n) is 2.74. The predicted molar refractivity (Wildman–Crippen MR) is 86.9 cm³/mol. The summed E-state index contributed by atoms with van der Waals surface area (Å²) in [6.45, 7) is 2.53. The van der Waals surface area contributed by atoms with Gasteiger partial charge in [0.15, 0.2) is 5.88 Å². The van der Waals surface area contributed by atoms with Crippen LogP contribution in [0, 0.1) is 0 Å². The van der Waals surface area contributed by atoms with Gasteiger partial charge in [-0.15, -0.1) is 0 Å². The molecular weight excluding hydrogens is 266 g/mol. The molecule has 1 aromatic carbocycles. The standard InChI is InChI=1S/C9H12N4O.C6H7N/c1-2-14-7-4-5-3-6(10)8(11)13-9(5)12-7;7-6-4-2-1-3-5-6/h3-4H,2,10H2,1H3,(H3,11,12,13);1-5H,7H2. The molecule has 0 radical (unpaired) electrons. The van der Waals surface area contributed by atoms with Crippen molar-refractivity contribution in [2.75, 3.05) is 23.8 Å². The average molecular weight is 285 g/mol. The first-order valence-electron chi connectivity index (χ1n) is 6.58. The number of aromatic nitrogens is 2. The molecule has 6 heteroatoms. The van der Waals surface area contributed by atoms with Crippen molar-refractivity contribution in [1.82, 2.24) is 9.97 Å². The third kappa shape index (κ3) is 3.79. The van der Waals surface area contributed by atoms with Crippen LogP contribution in [-0.2, 0) is 0 Å². The van der Waals surface area contributed by atoms with E-state index in [-0.39, 0.29) is 0 Å². The summed E-state index contributed by atoms with van der Waals surface area (Å²) in [4.78, 5) is 7.09. The van der Waals surface area contributed by atoms with Gasteiger partial charge >= 0.3 is 0 Å². The van der Waals surface area contributed by atoms with Gasteiger partial charge in [-0.05, 0) is 25.1 Å². The Morgan fingerprint density at radius 1 is 1.10 bits per heavy atom. The van der Waals surface area contributed by atoms with Gasteiger partial charge in [0.25, 0.3) is 0 Å². The van der Waals surface area contributed by atoms with Crippen LogP contribution in [0.2, 0.25) is 0 Å². The fraction of sp³-hybridized carbons (Fsp3) is 0.133. The Bertz CT molecular complexity index is 670. The lowest BCUT2D eigenvalue weighted by Crippen LogP contribution is -1.97. The molecule has 0 aliphatic heterocycles. The molecular formula is C15H19N5O. The second kappa shape index (κ2) is 6.51. The lowest BCUT2D eigenvalue weighted by molar-refractivity contribution is 0.329. The number of fused-ring (bicyclic) bond motifs is 1. The molecule has 0 amide bonds. The number of rotatable bonds is 2. The maximum atomic E-state index is 5.63. The number of pyridine rings is 1. The number of aromatic amines is 1. The molecule has 0 aliphatic carbocycles. The molecule has 0 fully saturated rings. The maximum absolute atomic E-state index is 5.63. The summed E-state index contributed by atoms with van der Waals surface area (Å²) in [5.74, 6) is 1.02. The third-order valence-corrected chi connectivity index (χ3v) is 2.74. The smallest absolute Gasteiger partial charge is 0.193 e. The molecule has 2 aromatic heterocycles. The Hall–Kier alpha value is -2.89. The summed E-state index contributed by atoms with van der Waals surface area (Å²) in [5.41, 5.74) is 18.6. The number of anilines is 3. The Balaban J connectivity index is 0.000000194. The van der Waals surface area contributed by atoms with Gasteiger partial charge in [0.05, 0.1) is 12.3 Å². The lowest BCUT2D eigenvalue weighted by atomic mass is 10.3. The van der Waals surface area contributed by atoms with E-state index in [2.05, 4.69) is 9.97 Å². The van der Waals surface area contributed by atoms with Crippen LogP contribution >= 0.6 is 0 Å². The van der Waals surface area contributed by atoms with Crippen LogP contribution in [0.25, 0.3) is 11.0 Å². The summed E-state index contributed by atoms with van der Waals surface area (Å²) in [5, 5.41) is 0.903. The Kier molecular flexibility index (Phi) is 4.50. The number of para-hydroxylation sites is 1. The fourth-order valence-electron chi connectivity index (χ4n) is 1.75. The van der Waals surface area contributed by atoms with E-state index in [0.717, 1.165) is 11.1 Å². The highest BCUT2D eigenvalue weighted by atomic mass is 16.5. The number of ether oxygens (including phenoxy) is 1. The van der Waals surface area contributed by atoms with Crippen LogP contribution in [0.5, 0.6) is 5.88 Å². The molecule has 3 aromatic rings. The topological polar surface area (TPSA) is 116 Å². The summed E-state index contributed by atoms with van der Waals surface area (Å²) in [7, 11) is 0. The Labute approximate surface area is 122 Å². The van der Waals surface area contributed by atoms with Gasteiger partial charge < -0.3 is 26.9 Å². The normalized spacial score (nSPS) is 9.95. The summed E-state index contributed by atoms with van der Waals surface area (Å²) in [6, 6.07) is 13.1. The van der Waals surface area contributed by atoms with Crippen LogP contribution in [0.4, 0.5) is 17.2 Å². The van der Waals surface area contributed by atoms with Gasteiger partial charge in [0.1, 0.15) is 11.5 Å². The van der Waals surface area contributed by atoms with Crippen LogP contribution in [0.3, 0.4) is 0 Å². The zero-order valence-electron chi connectivity index (χ0n) is 11.8. The number of hydrogen-bond acceptors (Lipinski definition) is 5. The first kappa shape index (κ1) is 14.5. The van der Waals surface area contributed by atoms with E-state index in [1.165, 1.54) is 0 Å². The highest BCUT2D eigenvalue weighted by Crippen LogP contribution is 2.23. The van der Waals surface area contributed by atoms with Crippen molar-refractivity contribution < 1.29 is 4.74 Å². The highest BCUT2D eigenvalue weighted by molar-refractivity contribution is 5.84. The van der Waals surface area contributed by atoms with Crippen molar-refractivity contribution in [3.05, 3.63) is 42.5 Å². The highest BCUT2D eigenvalue weighted by Gasteiger charge is 2.05. The zero-order chi connectivity index (χ0) is 15.2. The van der Waals surface area contributed by atoms with Gasteiger partial charge in [-0.3, -0.25) is 0 Å². The van der Waals surface area contributed by atoms with Crippen LogP contribution in [-0.4, -0.2) is 16.6 Å². The quantitative estimate of drug-likeness (QED) is 0.539. The lowest BCUT2D eigenvalue weighted by Gasteiger charge is -1.97. The van der Waals surface area contributed by atoms with Crippen LogP contribution in [0.1, 0.15) is 6.92 Å². The number of nitrogens with two attached hydrogens (primary N) is 3. The summed E-state index contributed by atoms with van der Waals surface area (Å²) >= 11 is 0. The minimum atomic E-state index is 0.336. The van der Waals surface area contributed by atoms with Crippen molar-refractivity contribution >= 4 is 28.2 Å². The molecule has 0 saturated heterocycles. The van der Waals surface area contributed by atoms with Crippen molar-refractivity contribution in [1.29, 1.82) is 0 Å². The van der Waals surface area contributed by atoms with Crippen molar-refractivity contribution in [2.45, 2.75) is 6.92 Å². The van der Waals surface area contributed by atoms with Gasteiger partial charge in [0.2, 0.25) is 0 Å². The minimum absolute atomic E-state index is 0.336. The monoisotopic (exact) mass is 285 g/mol. The molecule has 0 bridgehead atoms. The molecule has 0 saturated carbocycles. The molecule has 2 heterocycles. The van der Waals surface area contributed by atoms with Crippen molar-refractivity contribution in [3.8, 4) is 5.88 Å². The fourth-order valence-corrected chi connectivity index (χ4v) is 1.75. The van der Waals surface area contributed by atoms with Crippen molar-refractivity contribution in [2.24, 2.45) is 0 Å². The van der Waals surface area contributed by atoms with E-state index in [1.807, 2.05) is 43.3 Å². The zero-order valence-corrected chi connectivity index (χ0v) is 11.8. The van der Waals surface area contributed by atoms with Crippen molar-refractivity contribution in [3.63, 3.8) is 0 Å². The number of hydrogen-bond donors (Lipinski definition) is 4. The Morgan fingerprint density at radius 2 is 1.81 bits per heavy atom. The van der Waals surface area contributed by atoms with E-state index < -0.39 is 0 Å². The number of nitrogen functional groups attached to an aromatic ring is 3. The number of nitrogens with zero attached hydrogens (tertiary/aromatic N) is 1. The van der Waals surface area contributed by atoms with E-state index in [1.54, 1.807) is 6.07 Å². The number of H-pyrrole nitrogens is 1. The summed E-state index contributed by atoms with van der Waals surface area (Å²) in [6.07, 6.45) is 0. The minimum Gasteiger partial charge on any atom is -0.479 e. The van der Waals surface area contributed by atoms with Gasteiger partial charge in [0, 0.05) is 17.1 Å². The average Bonchev–Trinajstić information content (AvgIpc) is 2.83. The second-order valence-corrected chi connectivity index (χ2v) is 4.38. The SMILES string of the molecule is CCOc1cc2cc(N)c(N)nc2[nH]1.Nc1ccccc1. The molecule has 0 atom stereocenters. The molecule has 110 valence electrons. The van der Waals surface area contributed by atoms with Gasteiger partial charge in [-0.1, -0.05) is 18.2 Å². The van der Waals surface area contributed by atoms with E-state index in [9.17, 15) is 0 Å². The van der Waals surface area contributed by atoms with Gasteiger partial charge in [-0.2, -0.15) is 0 Å². The maximum Gasteiger partial charge on any atom is 0.193 e. The number of nitrogens with one attached hydrogen (secondary N) is 1. The molecule has 21 heavy (non-hydrogen) atoms. The predicted octanol–water partition coefficient (Wildman–Crippen LogP) is 2.39. The molecule has 6 nitrogen and oxygen atoms in total. The molecule has 0 spiro atoms. The van der Waals surface area contributed by atoms with E-state index >= 15 is 0 Å². The molecule has 0 aliphatic rings. The van der Waals surface area contributed by atoms with E-state index in [4.69, 9.17) is 21.9 Å². The molecule has 0 unspecified atom stereocenters. The van der Waals surface area contributed by atoms with Crippen LogP contribution < -0.4 is 21.9 Å². The molecule has 3 rings (SSSR count). The summed E-state index contributed by atoms with van der Waals surface area (Å²) < 4.78 is 5.29. The first-order valence-corrected chi connectivity index (χ1v) is 6.58. The van der Waals surface area contributed by atoms with Crippen LogP contribution in [0.15, 0.2) is 42.5 Å². The second-order valence-electron chi connectivity index (χ2n) is 4.38. The number of benzene rings is 1.